The summed E-state index contributed by atoms with van der Waals surface area (Å²) in [6, 6.07) is 8.96. The summed E-state index contributed by atoms with van der Waals surface area (Å²) < 4.78 is 5.73. The Hall–Kier alpha value is -1.71. The zero-order valence-electron chi connectivity index (χ0n) is 13.5. The Morgan fingerprint density at radius 1 is 1.18 bits per heavy atom. The van der Waals surface area contributed by atoms with Gasteiger partial charge in [0.15, 0.2) is 5.96 Å². The Morgan fingerprint density at radius 2 is 2.00 bits per heavy atom. The molecule has 1 heterocycles. The molecule has 0 radical (unpaired) electrons. The molecule has 1 aromatic rings. The molecule has 1 aromatic carbocycles. The number of hydrogen-bond donors (Lipinski definition) is 2. The summed E-state index contributed by atoms with van der Waals surface area (Å²) in [4.78, 5) is 4.39. The zero-order valence-corrected chi connectivity index (χ0v) is 13.5. The molecule has 0 saturated heterocycles. The number of benzene rings is 1. The molecule has 0 aromatic heterocycles. The maximum atomic E-state index is 5.73. The molecule has 120 valence electrons. The fraction of sp³-hybridized carbons (Fsp3) is 0.611. The second-order valence-electron chi connectivity index (χ2n) is 6.30. The SMILES string of the molecule is CN=C(NCC1CCOc2ccccc21)NC1CCCCC1. The van der Waals surface area contributed by atoms with E-state index >= 15 is 0 Å². The highest BCUT2D eigenvalue weighted by atomic mass is 16.5. The van der Waals surface area contributed by atoms with E-state index in [1.54, 1.807) is 0 Å². The second kappa shape index (κ2) is 7.52. The number of guanidine groups is 1. The van der Waals surface area contributed by atoms with Crippen LogP contribution in [0.5, 0.6) is 5.75 Å². The average molecular weight is 301 g/mol. The second-order valence-corrected chi connectivity index (χ2v) is 6.30. The third kappa shape index (κ3) is 3.73. The van der Waals surface area contributed by atoms with Gasteiger partial charge in [0.25, 0.3) is 0 Å². The molecule has 0 amide bonds. The van der Waals surface area contributed by atoms with Gasteiger partial charge in [-0.1, -0.05) is 37.5 Å². The van der Waals surface area contributed by atoms with Crippen LogP contribution in [0.25, 0.3) is 0 Å². The third-order valence-electron chi connectivity index (χ3n) is 4.77. The van der Waals surface area contributed by atoms with E-state index in [0.29, 0.717) is 12.0 Å². The molecule has 1 unspecified atom stereocenters. The molecule has 1 aliphatic carbocycles. The first-order chi connectivity index (χ1) is 10.9. The van der Waals surface area contributed by atoms with Crippen LogP contribution in [0.2, 0.25) is 0 Å². The van der Waals surface area contributed by atoms with Crippen molar-refractivity contribution in [2.24, 2.45) is 4.99 Å². The summed E-state index contributed by atoms with van der Waals surface area (Å²) in [5, 5.41) is 7.09. The number of aliphatic imine (C=N–C) groups is 1. The number of nitrogens with one attached hydrogen (secondary N) is 2. The molecular weight excluding hydrogens is 274 g/mol. The number of para-hydroxylation sites is 1. The number of nitrogens with zero attached hydrogens (tertiary/aromatic N) is 1. The molecule has 1 fully saturated rings. The minimum Gasteiger partial charge on any atom is -0.493 e. The lowest BCUT2D eigenvalue weighted by Gasteiger charge is -2.28. The first-order valence-electron chi connectivity index (χ1n) is 8.55. The van der Waals surface area contributed by atoms with Gasteiger partial charge in [0, 0.05) is 25.6 Å². The largest absolute Gasteiger partial charge is 0.493 e. The fourth-order valence-corrected chi connectivity index (χ4v) is 3.48. The number of fused-ring (bicyclic) bond motifs is 1. The van der Waals surface area contributed by atoms with E-state index in [0.717, 1.165) is 31.3 Å². The maximum absolute atomic E-state index is 5.73. The van der Waals surface area contributed by atoms with Gasteiger partial charge in [0.1, 0.15) is 5.75 Å². The normalized spacial score (nSPS) is 22.6. The van der Waals surface area contributed by atoms with E-state index in [1.807, 2.05) is 13.1 Å². The molecule has 0 spiro atoms. The zero-order chi connectivity index (χ0) is 15.2. The van der Waals surface area contributed by atoms with Crippen molar-refractivity contribution in [3.63, 3.8) is 0 Å². The highest BCUT2D eigenvalue weighted by molar-refractivity contribution is 5.80. The lowest BCUT2D eigenvalue weighted by molar-refractivity contribution is 0.267. The van der Waals surface area contributed by atoms with E-state index in [4.69, 9.17) is 4.74 Å². The lowest BCUT2D eigenvalue weighted by atomic mass is 9.93. The molecule has 3 rings (SSSR count). The number of ether oxygens (including phenoxy) is 1. The first kappa shape index (κ1) is 15.2. The van der Waals surface area contributed by atoms with Crippen LogP contribution < -0.4 is 15.4 Å². The van der Waals surface area contributed by atoms with Gasteiger partial charge in [0.05, 0.1) is 6.61 Å². The van der Waals surface area contributed by atoms with E-state index < -0.39 is 0 Å². The van der Waals surface area contributed by atoms with Crippen molar-refractivity contribution in [1.82, 2.24) is 10.6 Å². The fourth-order valence-electron chi connectivity index (χ4n) is 3.48. The van der Waals surface area contributed by atoms with Crippen molar-refractivity contribution in [1.29, 1.82) is 0 Å². The topological polar surface area (TPSA) is 45.7 Å². The van der Waals surface area contributed by atoms with Crippen LogP contribution in [-0.4, -0.2) is 32.2 Å². The predicted molar refractivity (Wildman–Crippen MR) is 90.7 cm³/mol. The molecule has 2 aliphatic rings. The summed E-state index contributed by atoms with van der Waals surface area (Å²) in [7, 11) is 1.86. The smallest absolute Gasteiger partial charge is 0.191 e. The Kier molecular flexibility index (Phi) is 5.20. The lowest BCUT2D eigenvalue weighted by Crippen LogP contribution is -2.45. The minimum atomic E-state index is 0.495. The van der Waals surface area contributed by atoms with Crippen molar-refractivity contribution in [2.75, 3.05) is 20.2 Å². The van der Waals surface area contributed by atoms with Crippen molar-refractivity contribution in [3.05, 3.63) is 29.8 Å². The maximum Gasteiger partial charge on any atom is 0.191 e. The Balaban J connectivity index is 1.55. The van der Waals surface area contributed by atoms with Gasteiger partial charge in [-0.15, -0.1) is 0 Å². The Labute approximate surface area is 133 Å². The molecule has 4 nitrogen and oxygen atoms in total. The van der Waals surface area contributed by atoms with Crippen molar-refractivity contribution in [3.8, 4) is 5.75 Å². The molecule has 1 saturated carbocycles. The monoisotopic (exact) mass is 301 g/mol. The Morgan fingerprint density at radius 3 is 2.82 bits per heavy atom. The summed E-state index contributed by atoms with van der Waals surface area (Å²) in [6.07, 6.45) is 7.64. The molecule has 0 bridgehead atoms. The van der Waals surface area contributed by atoms with Crippen LogP contribution in [0.1, 0.15) is 50.0 Å². The van der Waals surface area contributed by atoms with Crippen LogP contribution >= 0.6 is 0 Å². The van der Waals surface area contributed by atoms with E-state index in [9.17, 15) is 0 Å². The van der Waals surface area contributed by atoms with Gasteiger partial charge in [0.2, 0.25) is 0 Å². The molecule has 4 heteroatoms. The van der Waals surface area contributed by atoms with Crippen LogP contribution in [-0.2, 0) is 0 Å². The minimum absolute atomic E-state index is 0.495. The van der Waals surface area contributed by atoms with Crippen LogP contribution in [0.3, 0.4) is 0 Å². The van der Waals surface area contributed by atoms with Gasteiger partial charge in [-0.25, -0.2) is 0 Å². The highest BCUT2D eigenvalue weighted by Gasteiger charge is 2.21. The van der Waals surface area contributed by atoms with E-state index in [1.165, 1.54) is 37.7 Å². The van der Waals surface area contributed by atoms with E-state index in [-0.39, 0.29) is 0 Å². The van der Waals surface area contributed by atoms with Crippen molar-refractivity contribution < 1.29 is 4.74 Å². The van der Waals surface area contributed by atoms with Crippen LogP contribution in [0.4, 0.5) is 0 Å². The molecule has 1 atom stereocenters. The predicted octanol–water partition coefficient (Wildman–Crippen LogP) is 3.05. The van der Waals surface area contributed by atoms with Crippen LogP contribution in [0, 0.1) is 0 Å². The molecule has 2 N–H and O–H groups in total. The number of rotatable bonds is 3. The molecule has 1 aliphatic heterocycles. The third-order valence-corrected chi connectivity index (χ3v) is 4.77. The van der Waals surface area contributed by atoms with Gasteiger partial charge in [-0.05, 0) is 30.9 Å². The summed E-state index contributed by atoms with van der Waals surface area (Å²) in [5.41, 5.74) is 1.31. The highest BCUT2D eigenvalue weighted by Crippen LogP contribution is 2.32. The van der Waals surface area contributed by atoms with Crippen LogP contribution in [0.15, 0.2) is 29.3 Å². The summed E-state index contributed by atoms with van der Waals surface area (Å²) in [6.45, 7) is 1.71. The summed E-state index contributed by atoms with van der Waals surface area (Å²) >= 11 is 0. The average Bonchev–Trinajstić information content (AvgIpc) is 2.59. The standard InChI is InChI=1S/C18H27N3O/c1-19-18(21-15-7-3-2-4-8-15)20-13-14-11-12-22-17-10-6-5-9-16(14)17/h5-6,9-10,14-15H,2-4,7-8,11-13H2,1H3,(H2,19,20,21). The van der Waals surface area contributed by atoms with Gasteiger partial charge in [-0.3, -0.25) is 4.99 Å². The van der Waals surface area contributed by atoms with E-state index in [2.05, 4.69) is 33.8 Å². The molecular formula is C18H27N3O. The van der Waals surface area contributed by atoms with Crippen molar-refractivity contribution in [2.45, 2.75) is 50.5 Å². The quantitative estimate of drug-likeness (QED) is 0.666. The number of hydrogen-bond acceptors (Lipinski definition) is 2. The van der Waals surface area contributed by atoms with Crippen molar-refractivity contribution >= 4 is 5.96 Å². The van der Waals surface area contributed by atoms with Gasteiger partial charge >= 0.3 is 0 Å². The van der Waals surface area contributed by atoms with Gasteiger partial charge in [-0.2, -0.15) is 0 Å². The first-order valence-corrected chi connectivity index (χ1v) is 8.55. The van der Waals surface area contributed by atoms with Gasteiger partial charge < -0.3 is 15.4 Å². The Bertz CT molecular complexity index is 509. The molecule has 22 heavy (non-hydrogen) atoms. The summed E-state index contributed by atoms with van der Waals surface area (Å²) in [5.74, 6) is 2.47.